The molecule has 1 aliphatic rings. The molecule has 0 fully saturated rings. The number of carboxylic acids is 1. The Morgan fingerprint density at radius 3 is 2.35 bits per heavy atom. The number of aliphatic carboxylic acids is 1. The molecule has 1 heterocycles. The van der Waals surface area contributed by atoms with E-state index in [0.717, 1.165) is 0 Å². The maximum absolute atomic E-state index is 13.2. The minimum Gasteiger partial charge on any atom is -0.477 e. The van der Waals surface area contributed by atoms with Gasteiger partial charge in [0.1, 0.15) is 23.7 Å². The summed E-state index contributed by atoms with van der Waals surface area (Å²) in [6, 6.07) is 13.2. The molecule has 0 aromatic heterocycles. The van der Waals surface area contributed by atoms with Gasteiger partial charge >= 0.3 is 5.97 Å². The van der Waals surface area contributed by atoms with Crippen LogP contribution in [-0.2, 0) is 14.4 Å². The quantitative estimate of drug-likeness (QED) is 0.659. The van der Waals surface area contributed by atoms with E-state index in [-0.39, 0.29) is 6.67 Å². The molecule has 2 aromatic carbocycles. The average molecular weight is 354 g/mol. The Morgan fingerprint density at radius 1 is 1.12 bits per heavy atom. The lowest BCUT2D eigenvalue weighted by atomic mass is 10.1. The first kappa shape index (κ1) is 17.3. The topological polar surface area (TPSA) is 77.9 Å². The van der Waals surface area contributed by atoms with Crippen molar-refractivity contribution in [2.75, 3.05) is 11.6 Å². The fraction of sp³-hybridized carbons (Fsp3) is 0.105. The summed E-state index contributed by atoms with van der Waals surface area (Å²) >= 11 is 0. The number of carboxylic acid groups (broad SMARTS) is 1. The predicted molar refractivity (Wildman–Crippen MR) is 91.6 cm³/mol. The van der Waals surface area contributed by atoms with Crippen molar-refractivity contribution in [3.8, 4) is 0 Å². The van der Waals surface area contributed by atoms with E-state index in [0.29, 0.717) is 17.5 Å². The molecule has 0 radical (unpaired) electrons. The first-order chi connectivity index (χ1) is 12.5. The van der Waals surface area contributed by atoms with Crippen LogP contribution in [-0.4, -0.2) is 34.8 Å². The molecule has 3 rings (SSSR count). The van der Waals surface area contributed by atoms with Crippen molar-refractivity contribution in [2.24, 2.45) is 0 Å². The van der Waals surface area contributed by atoms with E-state index in [9.17, 15) is 23.9 Å². The molecule has 1 atom stereocenters. The van der Waals surface area contributed by atoms with Crippen LogP contribution in [0, 0.1) is 5.82 Å². The Hall–Kier alpha value is -3.48. The van der Waals surface area contributed by atoms with Crippen LogP contribution in [0.2, 0.25) is 0 Å². The van der Waals surface area contributed by atoms with E-state index in [1.807, 2.05) is 0 Å². The Kier molecular flexibility index (Phi) is 4.79. The molecular weight excluding hydrogens is 339 g/mol. The number of carbonyl (C=O) groups excluding carboxylic acids is 2. The maximum atomic E-state index is 13.2. The van der Waals surface area contributed by atoms with Gasteiger partial charge in [0.2, 0.25) is 0 Å². The van der Waals surface area contributed by atoms with Crippen LogP contribution in [0.1, 0.15) is 11.6 Å². The highest BCUT2D eigenvalue weighted by molar-refractivity contribution is 6.21. The van der Waals surface area contributed by atoms with Crippen molar-refractivity contribution < 1.29 is 23.9 Å². The molecular formula is C19H15FN2O4. The Bertz CT molecular complexity index is 865. The fourth-order valence-electron chi connectivity index (χ4n) is 2.77. The van der Waals surface area contributed by atoms with Gasteiger partial charge in [-0.1, -0.05) is 30.3 Å². The van der Waals surface area contributed by atoms with Crippen LogP contribution in [0.4, 0.5) is 10.1 Å². The normalized spacial score (nSPS) is 15.4. The summed E-state index contributed by atoms with van der Waals surface area (Å²) in [4.78, 5) is 38.4. The van der Waals surface area contributed by atoms with Crippen molar-refractivity contribution >= 4 is 23.9 Å². The SMILES string of the molecule is O=CC(c1ccccc1)N1C=C(C(=O)O)C(=O)N(c2ccc(F)cc2)C1. The summed E-state index contributed by atoms with van der Waals surface area (Å²) in [5, 5.41) is 9.37. The third kappa shape index (κ3) is 3.32. The second-order valence-corrected chi connectivity index (χ2v) is 5.70. The van der Waals surface area contributed by atoms with Crippen LogP contribution in [0.15, 0.2) is 66.4 Å². The molecule has 2 aromatic rings. The first-order valence-electron chi connectivity index (χ1n) is 7.80. The zero-order chi connectivity index (χ0) is 18.7. The molecule has 1 aliphatic heterocycles. The third-order valence-electron chi connectivity index (χ3n) is 4.07. The fourth-order valence-corrected chi connectivity index (χ4v) is 2.77. The van der Waals surface area contributed by atoms with Gasteiger partial charge in [-0.05, 0) is 29.8 Å². The second-order valence-electron chi connectivity index (χ2n) is 5.70. The molecule has 1 amide bonds. The van der Waals surface area contributed by atoms with E-state index in [2.05, 4.69) is 0 Å². The lowest BCUT2D eigenvalue weighted by Gasteiger charge is -2.37. The van der Waals surface area contributed by atoms with Gasteiger partial charge in [-0.3, -0.25) is 9.69 Å². The van der Waals surface area contributed by atoms with Crippen LogP contribution in [0.25, 0.3) is 0 Å². The van der Waals surface area contributed by atoms with Crippen LogP contribution < -0.4 is 4.90 Å². The Morgan fingerprint density at radius 2 is 1.77 bits per heavy atom. The van der Waals surface area contributed by atoms with Gasteiger partial charge in [0.25, 0.3) is 5.91 Å². The maximum Gasteiger partial charge on any atom is 0.342 e. The largest absolute Gasteiger partial charge is 0.477 e. The number of rotatable bonds is 5. The number of nitrogens with zero attached hydrogens (tertiary/aromatic N) is 2. The second kappa shape index (κ2) is 7.18. The third-order valence-corrected chi connectivity index (χ3v) is 4.07. The minimum atomic E-state index is -1.40. The van der Waals surface area contributed by atoms with Gasteiger partial charge in [0.05, 0.1) is 6.67 Å². The van der Waals surface area contributed by atoms with Gasteiger partial charge in [-0.25, -0.2) is 9.18 Å². The summed E-state index contributed by atoms with van der Waals surface area (Å²) in [6.07, 6.45) is 1.86. The number of hydrogen-bond acceptors (Lipinski definition) is 4. The van der Waals surface area contributed by atoms with Crippen LogP contribution in [0.5, 0.6) is 0 Å². The summed E-state index contributed by atoms with van der Waals surface area (Å²) in [7, 11) is 0. The molecule has 0 spiro atoms. The predicted octanol–water partition coefficient (Wildman–Crippen LogP) is 2.34. The standard InChI is InChI=1S/C19H15FN2O4/c20-14-6-8-15(9-7-14)22-12-21(10-16(18(22)24)19(25)26)17(11-23)13-4-2-1-3-5-13/h1-11,17H,12H2,(H,25,26). The molecule has 7 heteroatoms. The summed E-state index contributed by atoms with van der Waals surface area (Å²) in [5.74, 6) is -2.60. The number of carbonyl (C=O) groups is 3. The molecule has 0 saturated heterocycles. The van der Waals surface area contributed by atoms with E-state index >= 15 is 0 Å². The number of anilines is 1. The van der Waals surface area contributed by atoms with E-state index in [1.54, 1.807) is 30.3 Å². The molecule has 0 aliphatic carbocycles. The highest BCUT2D eigenvalue weighted by Crippen LogP contribution is 2.27. The van der Waals surface area contributed by atoms with Crippen molar-refractivity contribution in [1.82, 2.24) is 4.90 Å². The van der Waals surface area contributed by atoms with Gasteiger partial charge in [0.15, 0.2) is 0 Å². The molecule has 26 heavy (non-hydrogen) atoms. The number of amides is 1. The number of hydrogen-bond donors (Lipinski definition) is 1. The van der Waals surface area contributed by atoms with Crippen molar-refractivity contribution in [3.05, 3.63) is 77.8 Å². The lowest BCUT2D eigenvalue weighted by Crippen LogP contribution is -2.47. The van der Waals surface area contributed by atoms with Gasteiger partial charge in [-0.15, -0.1) is 0 Å². The van der Waals surface area contributed by atoms with Crippen LogP contribution >= 0.6 is 0 Å². The molecule has 132 valence electrons. The molecule has 0 bridgehead atoms. The van der Waals surface area contributed by atoms with E-state index in [1.165, 1.54) is 40.3 Å². The number of halogens is 1. The molecule has 6 nitrogen and oxygen atoms in total. The zero-order valence-corrected chi connectivity index (χ0v) is 13.6. The zero-order valence-electron chi connectivity index (χ0n) is 13.6. The lowest BCUT2D eigenvalue weighted by molar-refractivity contribution is -0.135. The first-order valence-corrected chi connectivity index (χ1v) is 7.80. The summed E-state index contributed by atoms with van der Waals surface area (Å²) in [6.45, 7) is -0.0421. The van der Waals surface area contributed by atoms with Crippen LogP contribution in [0.3, 0.4) is 0 Å². The average Bonchev–Trinajstić information content (AvgIpc) is 2.65. The van der Waals surface area contributed by atoms with Gasteiger partial charge in [-0.2, -0.15) is 0 Å². The number of aldehydes is 1. The van der Waals surface area contributed by atoms with E-state index < -0.39 is 29.3 Å². The Labute approximate surface area is 148 Å². The van der Waals surface area contributed by atoms with Gasteiger partial charge < -0.3 is 14.8 Å². The number of benzene rings is 2. The van der Waals surface area contributed by atoms with Crippen molar-refractivity contribution in [1.29, 1.82) is 0 Å². The van der Waals surface area contributed by atoms with Gasteiger partial charge in [0, 0.05) is 11.9 Å². The highest BCUT2D eigenvalue weighted by Gasteiger charge is 2.34. The van der Waals surface area contributed by atoms with Crippen molar-refractivity contribution in [3.63, 3.8) is 0 Å². The monoisotopic (exact) mass is 354 g/mol. The summed E-state index contributed by atoms with van der Waals surface area (Å²) in [5.41, 5.74) is 0.534. The smallest absolute Gasteiger partial charge is 0.342 e. The molecule has 0 saturated carbocycles. The Balaban J connectivity index is 2.02. The van der Waals surface area contributed by atoms with Crippen molar-refractivity contribution in [2.45, 2.75) is 6.04 Å². The molecule has 1 unspecified atom stereocenters. The molecule has 1 N–H and O–H groups in total. The minimum absolute atomic E-state index is 0.0421. The summed E-state index contributed by atoms with van der Waals surface area (Å²) < 4.78 is 13.2. The highest BCUT2D eigenvalue weighted by atomic mass is 19.1. The van der Waals surface area contributed by atoms with E-state index in [4.69, 9.17) is 0 Å².